The van der Waals surface area contributed by atoms with Gasteiger partial charge in [0, 0.05) is 11.9 Å². The lowest BCUT2D eigenvalue weighted by Crippen LogP contribution is -2.18. The fourth-order valence-electron chi connectivity index (χ4n) is 2.64. The zero-order chi connectivity index (χ0) is 19.6. The van der Waals surface area contributed by atoms with E-state index in [1.54, 1.807) is 10.7 Å². The summed E-state index contributed by atoms with van der Waals surface area (Å²) < 4.78 is 7.50. The summed E-state index contributed by atoms with van der Waals surface area (Å²) in [6, 6.07) is 17.5. The molecule has 0 bridgehead atoms. The van der Waals surface area contributed by atoms with Crippen LogP contribution >= 0.6 is 0 Å². The monoisotopic (exact) mass is 374 g/mol. The van der Waals surface area contributed by atoms with E-state index in [4.69, 9.17) is 4.74 Å². The summed E-state index contributed by atoms with van der Waals surface area (Å²) >= 11 is 0. The van der Waals surface area contributed by atoms with Crippen LogP contribution in [-0.2, 0) is 11.3 Å². The van der Waals surface area contributed by atoms with Gasteiger partial charge in [-0.15, -0.1) is 15.3 Å². The van der Waals surface area contributed by atoms with Crippen LogP contribution in [0.1, 0.15) is 26.3 Å². The van der Waals surface area contributed by atoms with Crippen LogP contribution in [-0.4, -0.2) is 30.4 Å². The first-order valence-corrected chi connectivity index (χ1v) is 9.12. The SMILES string of the molecule is CC(C)(C)OCc1ccc(Nc2ccc3nnc(-c4ccccn4)n3n2)cc1. The van der Waals surface area contributed by atoms with Crippen molar-refractivity contribution in [2.75, 3.05) is 5.32 Å². The smallest absolute Gasteiger partial charge is 0.203 e. The normalized spacial score (nSPS) is 11.7. The number of hydrogen-bond donors (Lipinski definition) is 1. The quantitative estimate of drug-likeness (QED) is 0.563. The Morgan fingerprint density at radius 3 is 2.50 bits per heavy atom. The van der Waals surface area contributed by atoms with Gasteiger partial charge in [-0.3, -0.25) is 4.98 Å². The molecule has 142 valence electrons. The molecule has 0 spiro atoms. The van der Waals surface area contributed by atoms with Crippen molar-refractivity contribution in [2.24, 2.45) is 0 Å². The Balaban J connectivity index is 1.53. The predicted octanol–water partition coefficient (Wildman–Crippen LogP) is 4.25. The third-order valence-corrected chi connectivity index (χ3v) is 4.05. The molecule has 0 saturated carbocycles. The number of ether oxygens (including phenoxy) is 1. The first-order chi connectivity index (χ1) is 13.5. The minimum absolute atomic E-state index is 0.152. The topological polar surface area (TPSA) is 77.2 Å². The summed E-state index contributed by atoms with van der Waals surface area (Å²) in [5.74, 6) is 1.30. The second-order valence-electron chi connectivity index (χ2n) is 7.45. The number of rotatable bonds is 5. The number of benzene rings is 1. The van der Waals surface area contributed by atoms with E-state index in [0.717, 1.165) is 16.9 Å². The second kappa shape index (κ2) is 7.36. The van der Waals surface area contributed by atoms with Crippen LogP contribution in [0.5, 0.6) is 0 Å². The van der Waals surface area contributed by atoms with Gasteiger partial charge in [0.05, 0.1) is 12.2 Å². The highest BCUT2D eigenvalue weighted by molar-refractivity contribution is 5.60. The van der Waals surface area contributed by atoms with Crippen LogP contribution in [0.4, 0.5) is 11.5 Å². The summed E-state index contributed by atoms with van der Waals surface area (Å²) in [4.78, 5) is 4.33. The van der Waals surface area contributed by atoms with Gasteiger partial charge in [-0.25, -0.2) is 0 Å². The molecule has 0 atom stereocenters. The molecule has 3 aromatic heterocycles. The van der Waals surface area contributed by atoms with E-state index in [-0.39, 0.29) is 5.60 Å². The predicted molar refractivity (Wildman–Crippen MR) is 108 cm³/mol. The average Bonchev–Trinajstić information content (AvgIpc) is 3.11. The van der Waals surface area contributed by atoms with E-state index >= 15 is 0 Å². The first kappa shape index (κ1) is 18.1. The zero-order valence-corrected chi connectivity index (χ0v) is 16.1. The summed E-state index contributed by atoms with van der Waals surface area (Å²) in [5.41, 5.74) is 3.31. The number of aromatic nitrogens is 5. The van der Waals surface area contributed by atoms with Crippen molar-refractivity contribution in [1.29, 1.82) is 0 Å². The summed E-state index contributed by atoms with van der Waals surface area (Å²) in [7, 11) is 0. The molecule has 4 rings (SSSR count). The Morgan fingerprint density at radius 1 is 0.964 bits per heavy atom. The van der Waals surface area contributed by atoms with E-state index in [1.165, 1.54) is 0 Å². The Labute approximate surface area is 163 Å². The van der Waals surface area contributed by atoms with Gasteiger partial charge >= 0.3 is 0 Å². The molecule has 0 amide bonds. The minimum Gasteiger partial charge on any atom is -0.371 e. The van der Waals surface area contributed by atoms with Crippen LogP contribution in [0.3, 0.4) is 0 Å². The van der Waals surface area contributed by atoms with Crippen molar-refractivity contribution >= 4 is 17.2 Å². The van der Waals surface area contributed by atoms with Crippen molar-refractivity contribution in [3.8, 4) is 11.5 Å². The van der Waals surface area contributed by atoms with Crippen LogP contribution in [0.15, 0.2) is 60.8 Å². The van der Waals surface area contributed by atoms with Gasteiger partial charge < -0.3 is 10.1 Å². The number of fused-ring (bicyclic) bond motifs is 1. The fourth-order valence-corrected chi connectivity index (χ4v) is 2.64. The van der Waals surface area contributed by atoms with E-state index in [1.807, 2.05) is 54.6 Å². The molecular weight excluding hydrogens is 352 g/mol. The van der Waals surface area contributed by atoms with Crippen molar-refractivity contribution in [3.63, 3.8) is 0 Å². The van der Waals surface area contributed by atoms with E-state index in [2.05, 4.69) is 46.4 Å². The first-order valence-electron chi connectivity index (χ1n) is 9.12. The summed E-state index contributed by atoms with van der Waals surface area (Å²) in [6.45, 7) is 6.74. The molecule has 0 saturated heterocycles. The number of nitrogens with one attached hydrogen (secondary N) is 1. The highest BCUT2D eigenvalue weighted by Crippen LogP contribution is 2.20. The molecular formula is C21H22N6O. The van der Waals surface area contributed by atoms with E-state index in [9.17, 15) is 0 Å². The molecule has 0 aliphatic heterocycles. The maximum atomic E-state index is 5.81. The molecule has 7 nitrogen and oxygen atoms in total. The standard InChI is InChI=1S/C21H22N6O/c1-21(2,3)28-14-15-7-9-16(10-8-15)23-18-11-12-19-24-25-20(27(19)26-18)17-6-4-5-13-22-17/h4-13H,14H2,1-3H3,(H,23,26). The molecule has 0 fully saturated rings. The molecule has 28 heavy (non-hydrogen) atoms. The molecule has 0 unspecified atom stereocenters. The van der Waals surface area contributed by atoms with Crippen LogP contribution in [0.25, 0.3) is 17.2 Å². The molecule has 1 aromatic carbocycles. The maximum absolute atomic E-state index is 5.81. The molecule has 4 aromatic rings. The van der Waals surface area contributed by atoms with Gasteiger partial charge in [-0.2, -0.15) is 4.52 Å². The van der Waals surface area contributed by atoms with Crippen LogP contribution in [0.2, 0.25) is 0 Å². The van der Waals surface area contributed by atoms with Gasteiger partial charge in [0.15, 0.2) is 11.5 Å². The Bertz CT molecular complexity index is 1070. The third-order valence-electron chi connectivity index (χ3n) is 4.05. The largest absolute Gasteiger partial charge is 0.371 e. The Kier molecular flexibility index (Phi) is 4.75. The lowest BCUT2D eigenvalue weighted by molar-refractivity contribution is -0.0149. The van der Waals surface area contributed by atoms with Crippen LogP contribution in [0, 0.1) is 0 Å². The molecule has 0 aliphatic carbocycles. The number of nitrogens with zero attached hydrogens (tertiary/aromatic N) is 5. The Hall–Kier alpha value is -3.32. The second-order valence-corrected chi connectivity index (χ2v) is 7.45. The van der Waals surface area contributed by atoms with Gasteiger partial charge in [-0.1, -0.05) is 18.2 Å². The Morgan fingerprint density at radius 2 is 1.79 bits per heavy atom. The number of hydrogen-bond acceptors (Lipinski definition) is 6. The molecule has 7 heteroatoms. The number of pyridine rings is 1. The summed E-state index contributed by atoms with van der Waals surface area (Å²) in [6.07, 6.45) is 1.73. The van der Waals surface area contributed by atoms with E-state index < -0.39 is 0 Å². The molecule has 3 heterocycles. The summed E-state index contributed by atoms with van der Waals surface area (Å²) in [5, 5.41) is 16.3. The molecule has 0 aliphatic rings. The lowest BCUT2D eigenvalue weighted by Gasteiger charge is -2.19. The third kappa shape index (κ3) is 4.15. The highest BCUT2D eigenvalue weighted by atomic mass is 16.5. The lowest BCUT2D eigenvalue weighted by atomic mass is 10.1. The van der Waals surface area contributed by atoms with Gasteiger partial charge in [-0.05, 0) is 62.7 Å². The van der Waals surface area contributed by atoms with Crippen molar-refractivity contribution < 1.29 is 4.74 Å². The zero-order valence-electron chi connectivity index (χ0n) is 16.1. The van der Waals surface area contributed by atoms with Gasteiger partial charge in [0.25, 0.3) is 0 Å². The highest BCUT2D eigenvalue weighted by Gasteiger charge is 2.12. The van der Waals surface area contributed by atoms with Gasteiger partial charge in [0.2, 0.25) is 5.82 Å². The minimum atomic E-state index is -0.152. The maximum Gasteiger partial charge on any atom is 0.203 e. The molecule has 1 N–H and O–H groups in total. The average molecular weight is 374 g/mol. The van der Waals surface area contributed by atoms with Crippen LogP contribution < -0.4 is 5.32 Å². The van der Waals surface area contributed by atoms with E-state index in [0.29, 0.717) is 23.9 Å². The van der Waals surface area contributed by atoms with Gasteiger partial charge in [0.1, 0.15) is 5.69 Å². The van der Waals surface area contributed by atoms with Crippen molar-refractivity contribution in [1.82, 2.24) is 24.8 Å². The number of anilines is 2. The van der Waals surface area contributed by atoms with Crippen molar-refractivity contribution in [2.45, 2.75) is 33.0 Å². The van der Waals surface area contributed by atoms with Crippen molar-refractivity contribution in [3.05, 3.63) is 66.4 Å². The molecule has 0 radical (unpaired) electrons. The fraction of sp³-hybridized carbons (Fsp3) is 0.238.